The molecule has 2 aromatic heterocycles. The van der Waals surface area contributed by atoms with Crippen molar-refractivity contribution in [1.82, 2.24) is 9.97 Å². The van der Waals surface area contributed by atoms with E-state index in [9.17, 15) is 4.79 Å². The number of anilines is 2. The van der Waals surface area contributed by atoms with E-state index in [-0.39, 0.29) is 5.56 Å². The summed E-state index contributed by atoms with van der Waals surface area (Å²) in [7, 11) is 0. The molecule has 5 rings (SSSR count). The second-order valence-electron chi connectivity index (χ2n) is 7.85. The fraction of sp³-hybridized carbons (Fsp3) is 0.455. The van der Waals surface area contributed by atoms with Crippen LogP contribution in [0, 0.1) is 0 Å². The molecular formula is C22H26N4OS. The molecule has 1 aliphatic heterocycles. The van der Waals surface area contributed by atoms with E-state index >= 15 is 0 Å². The number of fused-ring (bicyclic) bond motifs is 3. The van der Waals surface area contributed by atoms with E-state index in [2.05, 4.69) is 39.5 Å². The number of aromatic amines is 1. The molecule has 0 amide bonds. The molecule has 3 heterocycles. The monoisotopic (exact) mass is 394 g/mol. The lowest BCUT2D eigenvalue weighted by atomic mass is 10.2. The molecule has 2 N–H and O–H groups in total. The average molecular weight is 395 g/mol. The molecule has 2 aliphatic rings. The maximum atomic E-state index is 12.6. The number of hydrogen-bond donors (Lipinski definition) is 2. The fourth-order valence-electron chi connectivity index (χ4n) is 4.44. The first kappa shape index (κ1) is 17.7. The third-order valence-electron chi connectivity index (χ3n) is 5.92. The zero-order valence-corrected chi connectivity index (χ0v) is 16.9. The summed E-state index contributed by atoms with van der Waals surface area (Å²) in [6.07, 6.45) is 8.53. The van der Waals surface area contributed by atoms with Gasteiger partial charge in [0.1, 0.15) is 10.7 Å². The van der Waals surface area contributed by atoms with Crippen LogP contribution in [-0.2, 0) is 19.4 Å². The number of rotatable bonds is 4. The van der Waals surface area contributed by atoms with Gasteiger partial charge in [0.25, 0.3) is 5.56 Å². The standard InChI is InChI=1S/C22H26N4OS/c27-21-20-17-6-5-7-18(17)28-22(20)25-19(24-21)14-23-15-8-10-16(11-9-15)26-12-3-1-2-4-13-26/h8-11,23H,1-7,12-14H2,(H,24,25,27). The highest BCUT2D eigenvalue weighted by atomic mass is 32.1. The van der Waals surface area contributed by atoms with Crippen molar-refractivity contribution < 1.29 is 0 Å². The molecule has 6 heteroatoms. The number of aromatic nitrogens is 2. The Morgan fingerprint density at radius 2 is 1.82 bits per heavy atom. The minimum atomic E-state index is 0.0118. The van der Waals surface area contributed by atoms with Gasteiger partial charge in [-0.15, -0.1) is 11.3 Å². The second kappa shape index (κ2) is 7.59. The van der Waals surface area contributed by atoms with E-state index in [1.54, 1.807) is 11.3 Å². The lowest BCUT2D eigenvalue weighted by molar-refractivity contribution is 0.726. The first-order valence-corrected chi connectivity index (χ1v) is 11.2. The number of aryl methyl sites for hydroxylation is 2. The lowest BCUT2D eigenvalue weighted by Crippen LogP contribution is -2.23. The van der Waals surface area contributed by atoms with Gasteiger partial charge in [0.2, 0.25) is 0 Å². The van der Waals surface area contributed by atoms with Crippen LogP contribution in [0.2, 0.25) is 0 Å². The summed E-state index contributed by atoms with van der Waals surface area (Å²) >= 11 is 1.69. The predicted octanol–water partition coefficient (Wildman–Crippen LogP) is 4.47. The third-order valence-corrected chi connectivity index (χ3v) is 7.11. The Morgan fingerprint density at radius 3 is 2.61 bits per heavy atom. The average Bonchev–Trinajstić information content (AvgIpc) is 3.17. The van der Waals surface area contributed by atoms with E-state index in [1.165, 1.54) is 41.8 Å². The van der Waals surface area contributed by atoms with Gasteiger partial charge in [-0.2, -0.15) is 0 Å². The van der Waals surface area contributed by atoms with Crippen LogP contribution in [0.25, 0.3) is 10.2 Å². The Balaban J connectivity index is 1.29. The summed E-state index contributed by atoms with van der Waals surface area (Å²) in [6, 6.07) is 8.63. The summed E-state index contributed by atoms with van der Waals surface area (Å²) in [5, 5.41) is 4.22. The van der Waals surface area contributed by atoms with Crippen LogP contribution in [0.5, 0.6) is 0 Å². The highest BCUT2D eigenvalue weighted by Crippen LogP contribution is 2.34. The Bertz CT molecular complexity index is 1030. The zero-order chi connectivity index (χ0) is 18.9. The van der Waals surface area contributed by atoms with Crippen molar-refractivity contribution in [1.29, 1.82) is 0 Å². The molecule has 28 heavy (non-hydrogen) atoms. The first-order valence-electron chi connectivity index (χ1n) is 10.4. The number of hydrogen-bond acceptors (Lipinski definition) is 5. The molecular weight excluding hydrogens is 368 g/mol. The van der Waals surface area contributed by atoms with Gasteiger partial charge in [0.15, 0.2) is 0 Å². The smallest absolute Gasteiger partial charge is 0.259 e. The van der Waals surface area contributed by atoms with Gasteiger partial charge in [-0.3, -0.25) is 4.79 Å². The molecule has 1 aromatic carbocycles. The SMILES string of the molecule is O=c1[nH]c(CNc2ccc(N3CCCCCC3)cc2)nc2sc3c(c12)CCC3. The lowest BCUT2D eigenvalue weighted by Gasteiger charge is -2.22. The number of H-pyrrole nitrogens is 1. The molecule has 0 unspecified atom stereocenters. The van der Waals surface area contributed by atoms with Gasteiger partial charge in [-0.1, -0.05) is 12.8 Å². The summed E-state index contributed by atoms with van der Waals surface area (Å²) in [6.45, 7) is 2.84. The molecule has 0 radical (unpaired) electrons. The van der Waals surface area contributed by atoms with E-state index < -0.39 is 0 Å². The van der Waals surface area contributed by atoms with Crippen molar-refractivity contribution in [3.05, 3.63) is 50.9 Å². The van der Waals surface area contributed by atoms with Gasteiger partial charge in [-0.05, 0) is 61.9 Å². The molecule has 0 saturated carbocycles. The third kappa shape index (κ3) is 3.41. The van der Waals surface area contributed by atoms with Gasteiger partial charge in [-0.25, -0.2) is 4.98 Å². The predicted molar refractivity (Wildman–Crippen MR) is 117 cm³/mol. The van der Waals surface area contributed by atoms with Gasteiger partial charge in [0.05, 0.1) is 11.9 Å². The largest absolute Gasteiger partial charge is 0.378 e. The molecule has 1 saturated heterocycles. The normalized spacial score (nSPS) is 16.9. The summed E-state index contributed by atoms with van der Waals surface area (Å²) in [4.78, 5) is 25.0. The molecule has 1 fully saturated rings. The van der Waals surface area contributed by atoms with E-state index in [0.717, 1.165) is 48.3 Å². The topological polar surface area (TPSA) is 61.0 Å². The molecule has 1 aliphatic carbocycles. The molecule has 0 atom stereocenters. The quantitative estimate of drug-likeness (QED) is 0.686. The van der Waals surface area contributed by atoms with E-state index in [0.29, 0.717) is 12.4 Å². The maximum absolute atomic E-state index is 12.6. The van der Waals surface area contributed by atoms with Crippen molar-refractivity contribution in [2.75, 3.05) is 23.3 Å². The molecule has 5 nitrogen and oxygen atoms in total. The van der Waals surface area contributed by atoms with Crippen LogP contribution in [0.1, 0.15) is 48.4 Å². The maximum Gasteiger partial charge on any atom is 0.259 e. The van der Waals surface area contributed by atoms with Crippen LogP contribution in [-0.4, -0.2) is 23.1 Å². The highest BCUT2D eigenvalue weighted by molar-refractivity contribution is 7.18. The van der Waals surface area contributed by atoms with Crippen molar-refractivity contribution in [2.45, 2.75) is 51.5 Å². The molecule has 3 aromatic rings. The van der Waals surface area contributed by atoms with Gasteiger partial charge in [0, 0.05) is 29.3 Å². The Hall–Kier alpha value is -2.34. The fourth-order valence-corrected chi connectivity index (χ4v) is 5.72. The van der Waals surface area contributed by atoms with Crippen molar-refractivity contribution in [3.63, 3.8) is 0 Å². The number of nitrogens with one attached hydrogen (secondary N) is 2. The van der Waals surface area contributed by atoms with Crippen LogP contribution < -0.4 is 15.8 Å². The number of thiophene rings is 1. The van der Waals surface area contributed by atoms with Crippen LogP contribution in [0.15, 0.2) is 29.1 Å². The summed E-state index contributed by atoms with van der Waals surface area (Å²) in [5.74, 6) is 0.703. The van der Waals surface area contributed by atoms with Gasteiger partial charge < -0.3 is 15.2 Å². The van der Waals surface area contributed by atoms with Crippen molar-refractivity contribution in [3.8, 4) is 0 Å². The van der Waals surface area contributed by atoms with Crippen LogP contribution >= 0.6 is 11.3 Å². The Morgan fingerprint density at radius 1 is 1.04 bits per heavy atom. The van der Waals surface area contributed by atoms with Gasteiger partial charge >= 0.3 is 0 Å². The molecule has 146 valence electrons. The zero-order valence-electron chi connectivity index (χ0n) is 16.1. The van der Waals surface area contributed by atoms with Crippen LogP contribution in [0.4, 0.5) is 11.4 Å². The minimum Gasteiger partial charge on any atom is -0.378 e. The highest BCUT2D eigenvalue weighted by Gasteiger charge is 2.21. The minimum absolute atomic E-state index is 0.0118. The summed E-state index contributed by atoms with van der Waals surface area (Å²) in [5.41, 5.74) is 3.60. The number of nitrogens with zero attached hydrogens (tertiary/aromatic N) is 2. The Kier molecular flexibility index (Phi) is 4.81. The van der Waals surface area contributed by atoms with Crippen molar-refractivity contribution >= 4 is 32.9 Å². The van der Waals surface area contributed by atoms with E-state index in [4.69, 9.17) is 4.98 Å². The van der Waals surface area contributed by atoms with Crippen LogP contribution in [0.3, 0.4) is 0 Å². The van der Waals surface area contributed by atoms with E-state index in [1.807, 2.05) is 0 Å². The number of benzene rings is 1. The molecule has 0 spiro atoms. The second-order valence-corrected chi connectivity index (χ2v) is 8.94. The first-order chi connectivity index (χ1) is 13.8. The molecule has 0 bridgehead atoms. The van der Waals surface area contributed by atoms with Crippen molar-refractivity contribution in [2.24, 2.45) is 0 Å². The Labute approximate surface area is 168 Å². The summed E-state index contributed by atoms with van der Waals surface area (Å²) < 4.78 is 0.